The number of carbonyl (C=O) groups is 1. The Morgan fingerprint density at radius 2 is 1.85 bits per heavy atom. The molecule has 0 amide bonds. The Balaban J connectivity index is 1.51. The lowest BCUT2D eigenvalue weighted by atomic mass is 10.2. The third-order valence-corrected chi connectivity index (χ3v) is 3.67. The minimum Gasteiger partial charge on any atom is -0.478 e. The third-order valence-electron chi connectivity index (χ3n) is 3.67. The monoisotopic (exact) mass is 350 g/mol. The predicted octanol–water partition coefficient (Wildman–Crippen LogP) is 3.39. The van der Waals surface area contributed by atoms with Crippen molar-refractivity contribution in [1.29, 1.82) is 0 Å². The molecular formula is C18H14N4O4. The van der Waals surface area contributed by atoms with Crippen molar-refractivity contribution in [3.05, 3.63) is 60.3 Å². The molecule has 0 unspecified atom stereocenters. The molecule has 1 aromatic heterocycles. The average Bonchev–Trinajstić information content (AvgIpc) is 3.10. The molecule has 1 aliphatic heterocycles. The zero-order valence-corrected chi connectivity index (χ0v) is 13.5. The highest BCUT2D eigenvalue weighted by molar-refractivity contribution is 5.89. The van der Waals surface area contributed by atoms with E-state index in [1.54, 1.807) is 24.4 Å². The summed E-state index contributed by atoms with van der Waals surface area (Å²) in [5.41, 5.74) is 1.58. The molecule has 2 heterocycles. The van der Waals surface area contributed by atoms with E-state index in [0.29, 0.717) is 29.0 Å². The van der Waals surface area contributed by atoms with Gasteiger partial charge in [0, 0.05) is 23.6 Å². The number of rotatable bonds is 5. The molecule has 0 aliphatic carbocycles. The van der Waals surface area contributed by atoms with Gasteiger partial charge in [-0.25, -0.2) is 9.78 Å². The van der Waals surface area contributed by atoms with Gasteiger partial charge < -0.3 is 25.2 Å². The van der Waals surface area contributed by atoms with E-state index >= 15 is 0 Å². The topological polar surface area (TPSA) is 106 Å². The van der Waals surface area contributed by atoms with Crippen molar-refractivity contribution < 1.29 is 19.4 Å². The number of fused-ring (bicyclic) bond motifs is 1. The zero-order valence-electron chi connectivity index (χ0n) is 13.5. The van der Waals surface area contributed by atoms with Crippen LogP contribution in [0.1, 0.15) is 10.4 Å². The molecule has 0 spiro atoms. The summed E-state index contributed by atoms with van der Waals surface area (Å²) < 4.78 is 10.6. The maximum Gasteiger partial charge on any atom is 0.335 e. The summed E-state index contributed by atoms with van der Waals surface area (Å²) in [4.78, 5) is 19.6. The molecular weight excluding hydrogens is 336 g/mol. The zero-order chi connectivity index (χ0) is 17.9. The van der Waals surface area contributed by atoms with E-state index in [4.69, 9.17) is 14.6 Å². The quantitative estimate of drug-likeness (QED) is 0.643. The number of ether oxygens (including phenoxy) is 2. The van der Waals surface area contributed by atoms with Crippen LogP contribution in [0.3, 0.4) is 0 Å². The smallest absolute Gasteiger partial charge is 0.335 e. The van der Waals surface area contributed by atoms with Gasteiger partial charge in [-0.1, -0.05) is 6.07 Å². The summed E-state index contributed by atoms with van der Waals surface area (Å²) in [6.45, 7) is 0.212. The largest absolute Gasteiger partial charge is 0.478 e. The van der Waals surface area contributed by atoms with Gasteiger partial charge in [0.25, 0.3) is 0 Å². The van der Waals surface area contributed by atoms with Crippen molar-refractivity contribution >= 4 is 29.1 Å². The normalized spacial score (nSPS) is 11.8. The summed E-state index contributed by atoms with van der Waals surface area (Å²) in [6, 6.07) is 13.6. The number of nitrogens with one attached hydrogen (secondary N) is 2. The Kier molecular flexibility index (Phi) is 3.98. The maximum absolute atomic E-state index is 11.1. The standard InChI is InChI=1S/C18H14N4O4/c23-17(24)11-2-1-3-12(8-11)20-16-6-7-19-18(22-16)21-13-4-5-14-15(9-13)26-10-25-14/h1-9H,10H2,(H,23,24)(H2,19,20,21,22). The molecule has 130 valence electrons. The highest BCUT2D eigenvalue weighted by Crippen LogP contribution is 2.34. The first-order valence-corrected chi connectivity index (χ1v) is 7.77. The van der Waals surface area contributed by atoms with Gasteiger partial charge in [0.2, 0.25) is 12.7 Å². The lowest BCUT2D eigenvalue weighted by Gasteiger charge is -2.09. The van der Waals surface area contributed by atoms with Gasteiger partial charge in [0.1, 0.15) is 5.82 Å². The molecule has 0 saturated heterocycles. The number of aromatic carboxylic acids is 1. The Bertz CT molecular complexity index is 977. The molecule has 3 aromatic rings. The number of anilines is 4. The first kappa shape index (κ1) is 15.7. The van der Waals surface area contributed by atoms with E-state index in [-0.39, 0.29) is 12.4 Å². The number of carboxylic acids is 1. The van der Waals surface area contributed by atoms with E-state index in [2.05, 4.69) is 20.6 Å². The molecule has 0 bridgehead atoms. The number of benzene rings is 2. The molecule has 8 nitrogen and oxygen atoms in total. The van der Waals surface area contributed by atoms with Gasteiger partial charge in [-0.05, 0) is 36.4 Å². The van der Waals surface area contributed by atoms with Crippen LogP contribution in [0.5, 0.6) is 11.5 Å². The minimum atomic E-state index is -0.985. The van der Waals surface area contributed by atoms with Crippen LogP contribution in [0, 0.1) is 0 Å². The van der Waals surface area contributed by atoms with Crippen LogP contribution in [-0.2, 0) is 0 Å². The summed E-state index contributed by atoms with van der Waals surface area (Å²) in [7, 11) is 0. The summed E-state index contributed by atoms with van der Waals surface area (Å²) in [5.74, 6) is 1.30. The van der Waals surface area contributed by atoms with Crippen molar-refractivity contribution in [2.24, 2.45) is 0 Å². The fraction of sp³-hybridized carbons (Fsp3) is 0.0556. The van der Waals surface area contributed by atoms with E-state index < -0.39 is 5.97 Å². The highest BCUT2D eigenvalue weighted by Gasteiger charge is 2.13. The van der Waals surface area contributed by atoms with E-state index in [1.807, 2.05) is 18.2 Å². The third kappa shape index (κ3) is 3.34. The molecule has 1 aliphatic rings. The van der Waals surface area contributed by atoms with Crippen molar-refractivity contribution in [1.82, 2.24) is 9.97 Å². The van der Waals surface area contributed by atoms with E-state index in [1.165, 1.54) is 12.1 Å². The second kappa shape index (κ2) is 6.60. The van der Waals surface area contributed by atoms with Crippen LogP contribution in [0.2, 0.25) is 0 Å². The number of nitrogens with zero attached hydrogens (tertiary/aromatic N) is 2. The van der Waals surface area contributed by atoms with Crippen LogP contribution in [0.25, 0.3) is 0 Å². The molecule has 0 radical (unpaired) electrons. The lowest BCUT2D eigenvalue weighted by molar-refractivity contribution is 0.0697. The van der Waals surface area contributed by atoms with Crippen LogP contribution in [-0.4, -0.2) is 27.8 Å². The summed E-state index contributed by atoms with van der Waals surface area (Å²) >= 11 is 0. The van der Waals surface area contributed by atoms with E-state index in [9.17, 15) is 4.79 Å². The lowest BCUT2D eigenvalue weighted by Crippen LogP contribution is -2.01. The first-order chi connectivity index (χ1) is 12.7. The van der Waals surface area contributed by atoms with Crippen molar-refractivity contribution in [2.75, 3.05) is 17.4 Å². The predicted molar refractivity (Wildman–Crippen MR) is 94.6 cm³/mol. The number of aromatic nitrogens is 2. The van der Waals surface area contributed by atoms with Gasteiger partial charge in [0.15, 0.2) is 11.5 Å². The van der Waals surface area contributed by atoms with Crippen LogP contribution >= 0.6 is 0 Å². The number of carboxylic acid groups (broad SMARTS) is 1. The van der Waals surface area contributed by atoms with Crippen molar-refractivity contribution in [3.8, 4) is 11.5 Å². The van der Waals surface area contributed by atoms with Gasteiger partial charge in [-0.15, -0.1) is 0 Å². The second-order valence-corrected chi connectivity index (χ2v) is 5.47. The van der Waals surface area contributed by atoms with Crippen LogP contribution in [0.15, 0.2) is 54.7 Å². The number of hydrogen-bond acceptors (Lipinski definition) is 7. The average molecular weight is 350 g/mol. The van der Waals surface area contributed by atoms with Crippen LogP contribution < -0.4 is 20.1 Å². The van der Waals surface area contributed by atoms with Gasteiger partial charge in [0.05, 0.1) is 5.56 Å². The second-order valence-electron chi connectivity index (χ2n) is 5.47. The van der Waals surface area contributed by atoms with Gasteiger partial charge in [-0.2, -0.15) is 4.98 Å². The fourth-order valence-electron chi connectivity index (χ4n) is 2.47. The number of hydrogen-bond donors (Lipinski definition) is 3. The Morgan fingerprint density at radius 3 is 2.73 bits per heavy atom. The molecule has 3 N–H and O–H groups in total. The summed E-state index contributed by atoms with van der Waals surface area (Å²) in [6.07, 6.45) is 1.60. The minimum absolute atomic E-state index is 0.197. The van der Waals surface area contributed by atoms with Crippen molar-refractivity contribution in [2.45, 2.75) is 0 Å². The summed E-state index contributed by atoms with van der Waals surface area (Å²) in [5, 5.41) is 15.2. The molecule has 26 heavy (non-hydrogen) atoms. The fourth-order valence-corrected chi connectivity index (χ4v) is 2.47. The first-order valence-electron chi connectivity index (χ1n) is 7.77. The van der Waals surface area contributed by atoms with Gasteiger partial charge >= 0.3 is 5.97 Å². The molecule has 0 atom stereocenters. The Hall–Kier alpha value is -3.81. The Labute approximate surface area is 148 Å². The highest BCUT2D eigenvalue weighted by atomic mass is 16.7. The maximum atomic E-state index is 11.1. The van der Waals surface area contributed by atoms with Crippen LogP contribution in [0.4, 0.5) is 23.1 Å². The SMILES string of the molecule is O=C(O)c1cccc(Nc2ccnc(Nc3ccc4c(c3)OCO4)n2)c1. The Morgan fingerprint density at radius 1 is 1.00 bits per heavy atom. The molecule has 2 aromatic carbocycles. The van der Waals surface area contributed by atoms with Crippen molar-refractivity contribution in [3.63, 3.8) is 0 Å². The molecule has 0 fully saturated rings. The molecule has 4 rings (SSSR count). The van der Waals surface area contributed by atoms with E-state index in [0.717, 1.165) is 5.69 Å². The molecule has 8 heteroatoms. The molecule has 0 saturated carbocycles. The van der Waals surface area contributed by atoms with Gasteiger partial charge in [-0.3, -0.25) is 0 Å².